The van der Waals surface area contributed by atoms with Gasteiger partial charge in [0.1, 0.15) is 0 Å². The summed E-state index contributed by atoms with van der Waals surface area (Å²) in [6.45, 7) is 0. The van der Waals surface area contributed by atoms with Crippen molar-refractivity contribution in [1.82, 2.24) is 0 Å². The van der Waals surface area contributed by atoms with Crippen molar-refractivity contribution in [2.24, 2.45) is 0 Å². The molecule has 2 unspecified atom stereocenters. The molecular formula is H6Cl4P2. The van der Waals surface area contributed by atoms with Crippen molar-refractivity contribution in [1.29, 1.82) is 0 Å². The van der Waals surface area contributed by atoms with E-state index in [1.165, 1.54) is 17.2 Å². The third-order valence-corrected chi connectivity index (χ3v) is 0. The second-order valence-electron chi connectivity index (χ2n) is 0. The Kier molecular flexibility index (Phi) is 254. The van der Waals surface area contributed by atoms with Crippen molar-refractivity contribution in [3.05, 3.63) is 0 Å². The minimum atomic E-state index is 0. The van der Waals surface area contributed by atoms with Crippen molar-refractivity contribution in [2.45, 2.75) is 0 Å². The maximum Gasteiger partial charge on any atom is 0.0772 e. The zero-order valence-corrected chi connectivity index (χ0v) is 8.78. The maximum absolute atomic E-state index is 4.67. The molecule has 0 aromatic heterocycles. The van der Waals surface area contributed by atoms with Gasteiger partial charge in [-0.15, -0.1) is 0 Å². The minimum Gasteiger partial charge on any atom is -1.00 e. The smallest absolute Gasteiger partial charge is 0.0772 e. The molecule has 0 nitrogen and oxygen atoms in total. The average molecular weight is 210 g/mol. The first-order valence-corrected chi connectivity index (χ1v) is 4.81. The van der Waals surface area contributed by atoms with Crippen molar-refractivity contribution in [3.63, 3.8) is 0 Å². The van der Waals surface area contributed by atoms with E-state index >= 15 is 0 Å². The molecule has 0 amide bonds. The topological polar surface area (TPSA) is 0 Å². The third kappa shape index (κ3) is 37.2. The Labute approximate surface area is 64.5 Å². The van der Waals surface area contributed by atoms with Gasteiger partial charge in [-0.25, -0.2) is 0 Å². The largest absolute Gasteiger partial charge is 1.00 e. The van der Waals surface area contributed by atoms with Gasteiger partial charge in [0, 0.05) is 0 Å². The van der Waals surface area contributed by atoms with Crippen LogP contribution in [0.3, 0.4) is 0 Å². The van der Waals surface area contributed by atoms with Gasteiger partial charge in [0.25, 0.3) is 0 Å². The van der Waals surface area contributed by atoms with Crippen LogP contribution in [0.25, 0.3) is 0 Å². The fourth-order valence-electron chi connectivity index (χ4n) is 0. The van der Waals surface area contributed by atoms with Crippen molar-refractivity contribution in [2.75, 3.05) is 0 Å². The number of hydrogen-bond acceptors (Lipinski definition) is 0. The molecule has 0 fully saturated rings. The summed E-state index contributed by atoms with van der Waals surface area (Å²) < 4.78 is 0. The summed E-state index contributed by atoms with van der Waals surface area (Å²) in [6, 6.07) is 0. The van der Waals surface area contributed by atoms with Gasteiger partial charge in [-0.2, -0.15) is 0 Å². The highest BCUT2D eigenvalue weighted by Crippen LogP contribution is 1.78. The minimum absolute atomic E-state index is 0. The zero-order chi connectivity index (χ0) is 4.00. The second kappa shape index (κ2) is 62.3. The van der Waals surface area contributed by atoms with Gasteiger partial charge in [-0.05, 0) is 0 Å². The molecule has 0 rings (SSSR count). The van der Waals surface area contributed by atoms with E-state index in [4.69, 9.17) is 0 Å². The van der Waals surface area contributed by atoms with Crippen molar-refractivity contribution < 1.29 is 24.8 Å². The molecule has 0 aromatic carbocycles. The molecule has 44 valence electrons. The highest BCUT2D eigenvalue weighted by molar-refractivity contribution is 7.52. The monoisotopic (exact) mass is 208 g/mol. The van der Waals surface area contributed by atoms with Crippen LogP contribution >= 0.6 is 39.7 Å². The van der Waals surface area contributed by atoms with E-state index in [1.54, 1.807) is 0 Å². The molecule has 6 heteroatoms. The summed E-state index contributed by atoms with van der Waals surface area (Å²) in [5.41, 5.74) is 0. The lowest BCUT2D eigenvalue weighted by Gasteiger charge is -1.00. The quantitative estimate of drug-likeness (QED) is 0.353. The molecule has 0 spiro atoms. The van der Waals surface area contributed by atoms with Gasteiger partial charge in [0.15, 0.2) is 0 Å². The molecule has 2 atom stereocenters. The lowest BCUT2D eigenvalue weighted by Crippen LogP contribution is -3.00. The molecule has 0 radical (unpaired) electrons. The normalized spacial score (nSPS) is 3.00. The molecule has 0 aliphatic carbocycles. The van der Waals surface area contributed by atoms with Crippen molar-refractivity contribution in [3.8, 4) is 0 Å². The first-order chi connectivity index (χ1) is 2.00. The lowest BCUT2D eigenvalue weighted by atomic mass is 30.8. The first-order valence-electron chi connectivity index (χ1n) is 0.535. The summed E-state index contributed by atoms with van der Waals surface area (Å²) in [7, 11) is 2.67. The van der Waals surface area contributed by atoms with E-state index in [1.807, 2.05) is 0 Å². The van der Waals surface area contributed by atoms with Gasteiger partial charge in [-0.1, -0.05) is 0 Å². The molecule has 0 N–H and O–H groups in total. The van der Waals surface area contributed by atoms with E-state index in [0.717, 1.165) is 0 Å². The van der Waals surface area contributed by atoms with Crippen LogP contribution in [0.4, 0.5) is 0 Å². The Morgan fingerprint density at radius 1 is 0.667 bits per heavy atom. The van der Waals surface area contributed by atoms with Gasteiger partial charge in [0.05, 0.1) is 39.7 Å². The van der Waals surface area contributed by atoms with E-state index < -0.39 is 0 Å². The van der Waals surface area contributed by atoms with Crippen LogP contribution < -0.4 is 24.8 Å². The first kappa shape index (κ1) is 24.5. The van der Waals surface area contributed by atoms with Gasteiger partial charge in [-0.3, -0.25) is 0 Å². The Bertz CT molecular complexity index is 5.51. The standard InChI is InChI=1S/2ClH2P.2ClH/c2*1-2;;/h2*2H2;2*1H. The number of rotatable bonds is 0. The molecule has 6 heavy (non-hydrogen) atoms. The van der Waals surface area contributed by atoms with E-state index in [2.05, 4.69) is 22.5 Å². The van der Waals surface area contributed by atoms with Gasteiger partial charge < -0.3 is 24.8 Å². The SMILES string of the molecule is [Cl-].[Cl-].[PH3+]Cl.[PH3+]Cl. The van der Waals surface area contributed by atoms with Gasteiger partial charge in [0.2, 0.25) is 0 Å². The van der Waals surface area contributed by atoms with Crippen LogP contribution in [0.5, 0.6) is 0 Å². The Morgan fingerprint density at radius 2 is 0.667 bits per heavy atom. The molecule has 0 aliphatic rings. The second-order valence-corrected chi connectivity index (χ2v) is 0. The Morgan fingerprint density at radius 3 is 0.667 bits per heavy atom. The Hall–Kier alpha value is 2.02. The number of hydrogen-bond donors (Lipinski definition) is 0. The van der Waals surface area contributed by atoms with Crippen LogP contribution in [-0.2, 0) is 0 Å². The molecule has 0 saturated heterocycles. The fourth-order valence-corrected chi connectivity index (χ4v) is 0. The molecular weight excluding hydrogens is 204 g/mol. The summed E-state index contributed by atoms with van der Waals surface area (Å²) in [6.07, 6.45) is 0. The van der Waals surface area contributed by atoms with Crippen LogP contribution in [0.15, 0.2) is 0 Å². The predicted molar refractivity (Wildman–Crippen MR) is 33.9 cm³/mol. The lowest BCUT2D eigenvalue weighted by molar-refractivity contribution is -0.00100. The van der Waals surface area contributed by atoms with E-state index in [0.29, 0.717) is 0 Å². The fraction of sp³-hybridized carbons (Fsp3) is 0. The zero-order valence-electron chi connectivity index (χ0n) is 2.93. The predicted octanol–water partition coefficient (Wildman–Crippen LogP) is -4.50. The summed E-state index contributed by atoms with van der Waals surface area (Å²) in [4.78, 5) is 0. The molecule has 0 saturated carbocycles. The van der Waals surface area contributed by atoms with Crippen molar-refractivity contribution >= 4 is 39.7 Å². The summed E-state index contributed by atoms with van der Waals surface area (Å²) >= 11 is 9.33. The van der Waals surface area contributed by atoms with E-state index in [-0.39, 0.29) is 24.8 Å². The van der Waals surface area contributed by atoms with Crippen LogP contribution in [0.1, 0.15) is 0 Å². The molecule has 0 bridgehead atoms. The van der Waals surface area contributed by atoms with Crippen LogP contribution in [-0.4, -0.2) is 0 Å². The molecule has 0 aliphatic heterocycles. The van der Waals surface area contributed by atoms with E-state index in [9.17, 15) is 0 Å². The average Bonchev–Trinajstić information content (AvgIpc) is 1.50. The Balaban J connectivity index is -0.00000000500. The molecule has 0 aromatic rings. The third-order valence-electron chi connectivity index (χ3n) is 0. The summed E-state index contributed by atoms with van der Waals surface area (Å²) in [5.74, 6) is 0. The summed E-state index contributed by atoms with van der Waals surface area (Å²) in [5, 5.41) is 0. The highest BCUT2D eigenvalue weighted by Gasteiger charge is 1.08. The van der Waals surface area contributed by atoms with Crippen LogP contribution in [0.2, 0.25) is 0 Å². The molecule has 0 heterocycles. The number of halogens is 4. The van der Waals surface area contributed by atoms with Crippen LogP contribution in [0, 0.1) is 0 Å². The highest BCUT2D eigenvalue weighted by atomic mass is 35.7. The van der Waals surface area contributed by atoms with Gasteiger partial charge >= 0.3 is 0 Å². The maximum atomic E-state index is 4.67.